The Kier molecular flexibility index (Phi) is 5.12. The van der Waals surface area contributed by atoms with Crippen molar-refractivity contribution in [2.75, 3.05) is 6.61 Å². The van der Waals surface area contributed by atoms with Crippen molar-refractivity contribution >= 4 is 0 Å². The number of rotatable bonds is 6. The van der Waals surface area contributed by atoms with Gasteiger partial charge in [0, 0.05) is 0 Å². The zero-order chi connectivity index (χ0) is 14.4. The van der Waals surface area contributed by atoms with Gasteiger partial charge < -0.3 is 20.1 Å². The normalized spacial score (nSPS) is 15.3. The van der Waals surface area contributed by atoms with Crippen molar-refractivity contribution in [2.45, 2.75) is 18.3 Å². The van der Waals surface area contributed by atoms with E-state index in [2.05, 4.69) is 0 Å². The molecule has 3 N–H and O–H groups in total. The van der Waals surface area contributed by atoms with Gasteiger partial charge in [-0.3, -0.25) is 0 Å². The van der Waals surface area contributed by atoms with Gasteiger partial charge in [-0.2, -0.15) is 0 Å². The van der Waals surface area contributed by atoms with Crippen LogP contribution in [0.25, 0.3) is 0 Å². The number of aliphatic hydroxyl groups excluding tert-OH is 3. The molecule has 4 heteroatoms. The second-order valence-corrected chi connectivity index (χ2v) is 4.50. The molecule has 0 radical (unpaired) electrons. The summed E-state index contributed by atoms with van der Waals surface area (Å²) in [7, 11) is 0. The Bertz CT molecular complexity index is 500. The van der Waals surface area contributed by atoms with E-state index in [1.165, 1.54) is 0 Å². The maximum atomic E-state index is 10.2. The van der Waals surface area contributed by atoms with Gasteiger partial charge in [-0.1, -0.05) is 48.5 Å². The van der Waals surface area contributed by atoms with Crippen molar-refractivity contribution in [1.29, 1.82) is 0 Å². The number of benzene rings is 2. The Morgan fingerprint density at radius 3 is 1.95 bits per heavy atom. The first-order chi connectivity index (χ1) is 9.72. The summed E-state index contributed by atoms with van der Waals surface area (Å²) in [5, 5.41) is 28.8. The Hall–Kier alpha value is -1.88. The van der Waals surface area contributed by atoms with Gasteiger partial charge in [0.25, 0.3) is 0 Å². The first-order valence-corrected chi connectivity index (χ1v) is 6.46. The Morgan fingerprint density at radius 1 is 0.850 bits per heavy atom. The molecule has 2 aromatic carbocycles. The summed E-state index contributed by atoms with van der Waals surface area (Å²) < 4.78 is 5.76. The molecule has 4 nitrogen and oxygen atoms in total. The first kappa shape index (κ1) is 14.5. The van der Waals surface area contributed by atoms with Crippen LogP contribution in [-0.4, -0.2) is 34.1 Å². The predicted octanol–water partition coefficient (Wildman–Crippen LogP) is 1.52. The van der Waals surface area contributed by atoms with Crippen LogP contribution in [0.3, 0.4) is 0 Å². The molecule has 0 heterocycles. The molecule has 3 atom stereocenters. The maximum absolute atomic E-state index is 10.2. The SMILES string of the molecule is OC[C@@H](O)[C@@H](O)C(Oc1ccccc1)c1ccccc1. The van der Waals surface area contributed by atoms with Crippen molar-refractivity contribution in [3.8, 4) is 5.75 Å². The topological polar surface area (TPSA) is 69.9 Å². The lowest BCUT2D eigenvalue weighted by Gasteiger charge is -2.27. The van der Waals surface area contributed by atoms with E-state index in [0.717, 1.165) is 5.56 Å². The third-order valence-corrected chi connectivity index (χ3v) is 3.03. The summed E-state index contributed by atoms with van der Waals surface area (Å²) in [6.45, 7) is -0.525. The molecule has 106 valence electrons. The lowest BCUT2D eigenvalue weighted by atomic mass is 10.0. The van der Waals surface area contributed by atoms with Crippen LogP contribution in [0.4, 0.5) is 0 Å². The molecule has 0 aliphatic rings. The van der Waals surface area contributed by atoms with Gasteiger partial charge in [0.1, 0.15) is 18.0 Å². The summed E-state index contributed by atoms with van der Waals surface area (Å²) in [6, 6.07) is 18.2. The summed E-state index contributed by atoms with van der Waals surface area (Å²) in [6.07, 6.45) is -3.23. The van der Waals surface area contributed by atoms with E-state index in [0.29, 0.717) is 5.75 Å². The van der Waals surface area contributed by atoms with E-state index < -0.39 is 24.9 Å². The van der Waals surface area contributed by atoms with Crippen LogP contribution < -0.4 is 4.74 Å². The molecule has 0 saturated carbocycles. The molecule has 1 unspecified atom stereocenters. The second kappa shape index (κ2) is 7.05. The van der Waals surface area contributed by atoms with Crippen molar-refractivity contribution in [2.24, 2.45) is 0 Å². The highest BCUT2D eigenvalue weighted by atomic mass is 16.5. The third-order valence-electron chi connectivity index (χ3n) is 3.03. The molecule has 0 aromatic heterocycles. The predicted molar refractivity (Wildman–Crippen MR) is 75.4 cm³/mol. The van der Waals surface area contributed by atoms with E-state index in [-0.39, 0.29) is 0 Å². The molecular formula is C16H18O4. The van der Waals surface area contributed by atoms with E-state index in [1.54, 1.807) is 24.3 Å². The zero-order valence-corrected chi connectivity index (χ0v) is 11.0. The van der Waals surface area contributed by atoms with Gasteiger partial charge in [-0.25, -0.2) is 0 Å². The van der Waals surface area contributed by atoms with Crippen LogP contribution in [0.5, 0.6) is 5.75 Å². The zero-order valence-electron chi connectivity index (χ0n) is 11.0. The van der Waals surface area contributed by atoms with E-state index >= 15 is 0 Å². The van der Waals surface area contributed by atoms with Crippen LogP contribution >= 0.6 is 0 Å². The number of hydrogen-bond donors (Lipinski definition) is 3. The standard InChI is InChI=1S/C16H18O4/c17-11-14(18)15(19)16(12-7-3-1-4-8-12)20-13-9-5-2-6-10-13/h1-10,14-19H,11H2/t14-,15-,16?/m1/s1. The maximum Gasteiger partial charge on any atom is 0.152 e. The Morgan fingerprint density at radius 2 is 1.40 bits per heavy atom. The molecule has 20 heavy (non-hydrogen) atoms. The monoisotopic (exact) mass is 274 g/mol. The average molecular weight is 274 g/mol. The fourth-order valence-electron chi connectivity index (χ4n) is 1.93. The molecule has 0 aliphatic carbocycles. The van der Waals surface area contributed by atoms with Crippen LogP contribution in [0.2, 0.25) is 0 Å². The quantitative estimate of drug-likeness (QED) is 0.747. The molecule has 0 fully saturated rings. The van der Waals surface area contributed by atoms with E-state index in [9.17, 15) is 10.2 Å². The van der Waals surface area contributed by atoms with Gasteiger partial charge >= 0.3 is 0 Å². The summed E-state index contributed by atoms with van der Waals surface area (Å²) in [5.74, 6) is 0.588. The molecule has 2 rings (SSSR count). The fraction of sp³-hybridized carbons (Fsp3) is 0.250. The van der Waals surface area contributed by atoms with Crippen LogP contribution in [0.1, 0.15) is 11.7 Å². The van der Waals surface area contributed by atoms with Gasteiger partial charge in [0.05, 0.1) is 6.61 Å². The van der Waals surface area contributed by atoms with Crippen LogP contribution in [0.15, 0.2) is 60.7 Å². The van der Waals surface area contributed by atoms with Crippen molar-refractivity contribution in [1.82, 2.24) is 0 Å². The lowest BCUT2D eigenvalue weighted by Crippen LogP contribution is -2.37. The number of hydrogen-bond acceptors (Lipinski definition) is 4. The van der Waals surface area contributed by atoms with E-state index in [4.69, 9.17) is 9.84 Å². The van der Waals surface area contributed by atoms with Gasteiger partial charge in [-0.15, -0.1) is 0 Å². The molecule has 2 aromatic rings. The summed E-state index contributed by atoms with van der Waals surface area (Å²) >= 11 is 0. The largest absolute Gasteiger partial charge is 0.483 e. The van der Waals surface area contributed by atoms with E-state index in [1.807, 2.05) is 36.4 Å². The minimum atomic E-state index is -1.26. The summed E-state index contributed by atoms with van der Waals surface area (Å²) in [4.78, 5) is 0. The number of ether oxygens (including phenoxy) is 1. The minimum Gasteiger partial charge on any atom is -0.483 e. The molecule has 0 bridgehead atoms. The highest BCUT2D eigenvalue weighted by Crippen LogP contribution is 2.26. The molecule has 0 amide bonds. The van der Waals surface area contributed by atoms with Gasteiger partial charge in [-0.05, 0) is 17.7 Å². The van der Waals surface area contributed by atoms with Gasteiger partial charge in [0.15, 0.2) is 6.10 Å². The molecule has 0 spiro atoms. The Balaban J connectivity index is 2.25. The van der Waals surface area contributed by atoms with Crippen LogP contribution in [-0.2, 0) is 0 Å². The smallest absolute Gasteiger partial charge is 0.152 e. The van der Waals surface area contributed by atoms with Crippen molar-refractivity contribution < 1.29 is 20.1 Å². The third kappa shape index (κ3) is 3.57. The van der Waals surface area contributed by atoms with Crippen molar-refractivity contribution in [3.63, 3.8) is 0 Å². The highest BCUT2D eigenvalue weighted by Gasteiger charge is 2.29. The molecule has 0 aliphatic heterocycles. The Labute approximate surface area is 117 Å². The van der Waals surface area contributed by atoms with Gasteiger partial charge in [0.2, 0.25) is 0 Å². The first-order valence-electron chi connectivity index (χ1n) is 6.46. The summed E-state index contributed by atoms with van der Waals surface area (Å²) in [5.41, 5.74) is 0.733. The van der Waals surface area contributed by atoms with Crippen molar-refractivity contribution in [3.05, 3.63) is 66.2 Å². The van der Waals surface area contributed by atoms with Crippen LogP contribution in [0, 0.1) is 0 Å². The number of para-hydroxylation sites is 1. The number of aliphatic hydroxyl groups is 3. The fourth-order valence-corrected chi connectivity index (χ4v) is 1.93. The molecule has 0 saturated heterocycles. The average Bonchev–Trinajstić information content (AvgIpc) is 2.53. The highest BCUT2D eigenvalue weighted by molar-refractivity contribution is 5.25. The second-order valence-electron chi connectivity index (χ2n) is 4.50. The lowest BCUT2D eigenvalue weighted by molar-refractivity contribution is -0.0690. The molecular weight excluding hydrogens is 256 g/mol. The minimum absolute atomic E-state index is 0.525.